The van der Waals surface area contributed by atoms with Crippen molar-refractivity contribution in [2.24, 2.45) is 17.3 Å². The van der Waals surface area contributed by atoms with E-state index in [1.54, 1.807) is 6.92 Å². The van der Waals surface area contributed by atoms with E-state index in [-0.39, 0.29) is 11.9 Å². The first kappa shape index (κ1) is 17.5. The minimum Gasteiger partial charge on any atom is -0.452 e. The molecule has 4 bridgehead atoms. The fraction of sp³-hybridized carbons (Fsp3) is 0.619. The molecule has 0 heterocycles. The highest BCUT2D eigenvalue weighted by molar-refractivity contribution is 5.85. The van der Waals surface area contributed by atoms with Gasteiger partial charge in [-0.05, 0) is 62.8 Å². The van der Waals surface area contributed by atoms with Crippen molar-refractivity contribution in [2.45, 2.75) is 63.7 Å². The first-order chi connectivity index (χ1) is 12.4. The molecule has 4 saturated carbocycles. The number of rotatable bonds is 5. The van der Waals surface area contributed by atoms with Crippen molar-refractivity contribution in [1.82, 2.24) is 5.32 Å². The zero-order chi connectivity index (χ0) is 18.4. The molecule has 1 aromatic rings. The predicted molar refractivity (Wildman–Crippen MR) is 95.9 cm³/mol. The van der Waals surface area contributed by atoms with E-state index in [0.29, 0.717) is 24.8 Å². The Kier molecular flexibility index (Phi) is 4.30. The Balaban J connectivity index is 1.36. The first-order valence-electron chi connectivity index (χ1n) is 9.63. The molecule has 4 aliphatic rings. The summed E-state index contributed by atoms with van der Waals surface area (Å²) in [5.41, 5.74) is -0.294. The average Bonchev–Trinajstić information content (AvgIpc) is 2.58. The Morgan fingerprint density at radius 2 is 1.85 bits per heavy atom. The molecule has 26 heavy (non-hydrogen) atoms. The summed E-state index contributed by atoms with van der Waals surface area (Å²) in [6.07, 6.45) is 3.99. The number of hydrogen-bond acceptors (Lipinski definition) is 4. The molecule has 0 aromatic heterocycles. The normalized spacial score (nSPS) is 35.8. The van der Waals surface area contributed by atoms with E-state index in [1.165, 1.54) is 0 Å². The summed E-state index contributed by atoms with van der Waals surface area (Å²) in [6.45, 7) is 2.03. The van der Waals surface area contributed by atoms with Gasteiger partial charge in [0.05, 0.1) is 11.0 Å². The van der Waals surface area contributed by atoms with Crippen LogP contribution in [-0.2, 0) is 20.9 Å². The van der Waals surface area contributed by atoms with Gasteiger partial charge in [-0.25, -0.2) is 0 Å². The third-order valence-electron chi connectivity index (χ3n) is 6.43. The lowest BCUT2D eigenvalue weighted by Crippen LogP contribution is -2.59. The van der Waals surface area contributed by atoms with Crippen LogP contribution >= 0.6 is 0 Å². The molecule has 1 amide bonds. The summed E-state index contributed by atoms with van der Waals surface area (Å²) >= 11 is 0. The SMILES string of the molecule is C[C@@H](OC(=O)C12C[C@@H]3C[C@@H](CC(O)(C3)C1)C2)C(=O)NCc1ccccc1. The summed E-state index contributed by atoms with van der Waals surface area (Å²) in [7, 11) is 0. The summed E-state index contributed by atoms with van der Waals surface area (Å²) in [4.78, 5) is 25.2. The molecule has 1 aromatic carbocycles. The zero-order valence-corrected chi connectivity index (χ0v) is 15.2. The largest absolute Gasteiger partial charge is 0.452 e. The summed E-state index contributed by atoms with van der Waals surface area (Å²) in [5, 5.41) is 13.6. The number of aliphatic hydroxyl groups is 1. The van der Waals surface area contributed by atoms with Crippen LogP contribution in [0, 0.1) is 17.3 Å². The number of carbonyl (C=O) groups is 2. The van der Waals surface area contributed by atoms with Crippen molar-refractivity contribution < 1.29 is 19.4 Å². The van der Waals surface area contributed by atoms with E-state index in [9.17, 15) is 14.7 Å². The monoisotopic (exact) mass is 357 g/mol. The molecule has 0 radical (unpaired) electrons. The lowest BCUT2D eigenvalue weighted by molar-refractivity contribution is -0.200. The van der Waals surface area contributed by atoms with Crippen molar-refractivity contribution in [1.29, 1.82) is 0 Å². The van der Waals surface area contributed by atoms with Crippen LogP contribution in [0.5, 0.6) is 0 Å². The minimum absolute atomic E-state index is 0.286. The van der Waals surface area contributed by atoms with Crippen molar-refractivity contribution in [3.05, 3.63) is 35.9 Å². The standard InChI is InChI=1S/C21H27NO4/c1-14(18(23)22-12-15-5-3-2-4-6-15)26-19(24)20-8-16-7-17(9-20)11-21(25,10-16)13-20/h2-6,14,16-17,25H,7-13H2,1H3,(H,22,23)/t14-,16-,17+,20?,21?/m1/s1. The van der Waals surface area contributed by atoms with Crippen molar-refractivity contribution in [3.63, 3.8) is 0 Å². The van der Waals surface area contributed by atoms with Crippen LogP contribution in [0.25, 0.3) is 0 Å². The van der Waals surface area contributed by atoms with Gasteiger partial charge in [-0.2, -0.15) is 0 Å². The number of nitrogens with one attached hydrogen (secondary N) is 1. The fourth-order valence-electron chi connectivity index (χ4n) is 5.72. The Morgan fingerprint density at radius 3 is 2.46 bits per heavy atom. The smallest absolute Gasteiger partial charge is 0.312 e. The molecule has 0 spiro atoms. The topological polar surface area (TPSA) is 75.6 Å². The highest BCUT2D eigenvalue weighted by Gasteiger charge is 2.61. The van der Waals surface area contributed by atoms with Gasteiger partial charge in [0.25, 0.3) is 5.91 Å². The van der Waals surface area contributed by atoms with Crippen LogP contribution in [-0.4, -0.2) is 28.7 Å². The highest BCUT2D eigenvalue weighted by Crippen LogP contribution is 2.62. The van der Waals surface area contributed by atoms with Crippen LogP contribution in [0.3, 0.4) is 0 Å². The number of ether oxygens (including phenoxy) is 1. The second-order valence-electron chi connectivity index (χ2n) is 8.72. The van der Waals surface area contributed by atoms with Crippen LogP contribution in [0.15, 0.2) is 30.3 Å². The second-order valence-corrected chi connectivity index (χ2v) is 8.72. The van der Waals surface area contributed by atoms with Gasteiger partial charge >= 0.3 is 5.97 Å². The molecule has 4 fully saturated rings. The molecule has 4 aliphatic carbocycles. The van der Waals surface area contributed by atoms with E-state index in [0.717, 1.165) is 37.7 Å². The maximum Gasteiger partial charge on any atom is 0.312 e. The number of benzene rings is 1. The van der Waals surface area contributed by atoms with E-state index in [4.69, 9.17) is 4.74 Å². The van der Waals surface area contributed by atoms with E-state index >= 15 is 0 Å². The molecule has 5 atom stereocenters. The van der Waals surface area contributed by atoms with Crippen LogP contribution in [0.1, 0.15) is 51.0 Å². The lowest BCUT2D eigenvalue weighted by atomic mass is 9.48. The second kappa shape index (κ2) is 6.38. The first-order valence-corrected chi connectivity index (χ1v) is 9.63. The maximum atomic E-state index is 12.9. The maximum absolute atomic E-state index is 12.9. The van der Waals surface area contributed by atoms with Crippen molar-refractivity contribution in [2.75, 3.05) is 0 Å². The Bertz CT molecular complexity index is 687. The van der Waals surface area contributed by atoms with Gasteiger partial charge in [-0.15, -0.1) is 0 Å². The lowest BCUT2D eigenvalue weighted by Gasteiger charge is -2.58. The predicted octanol–water partition coefficient (Wildman–Crippen LogP) is 2.57. The zero-order valence-electron chi connectivity index (χ0n) is 15.2. The molecule has 2 unspecified atom stereocenters. The molecule has 0 aliphatic heterocycles. The third kappa shape index (κ3) is 3.25. The summed E-state index contributed by atoms with van der Waals surface area (Å²) in [6, 6.07) is 9.64. The Morgan fingerprint density at radius 1 is 1.19 bits per heavy atom. The molecule has 5 nitrogen and oxygen atoms in total. The Hall–Kier alpha value is -1.88. The molecule has 2 N–H and O–H groups in total. The van der Waals surface area contributed by atoms with Crippen LogP contribution in [0.2, 0.25) is 0 Å². The highest BCUT2D eigenvalue weighted by atomic mass is 16.5. The van der Waals surface area contributed by atoms with Crippen LogP contribution < -0.4 is 5.32 Å². The van der Waals surface area contributed by atoms with Gasteiger partial charge < -0.3 is 15.2 Å². The van der Waals surface area contributed by atoms with E-state index < -0.39 is 17.1 Å². The van der Waals surface area contributed by atoms with Gasteiger partial charge in [0, 0.05) is 6.54 Å². The summed E-state index contributed by atoms with van der Waals surface area (Å²) in [5.74, 6) is 0.241. The van der Waals surface area contributed by atoms with Crippen LogP contribution in [0.4, 0.5) is 0 Å². The van der Waals surface area contributed by atoms with Gasteiger partial charge in [0.2, 0.25) is 0 Å². The number of carbonyl (C=O) groups excluding carboxylic acids is 2. The van der Waals surface area contributed by atoms with Gasteiger partial charge in [-0.1, -0.05) is 30.3 Å². The molecule has 0 saturated heterocycles. The van der Waals surface area contributed by atoms with E-state index in [1.807, 2.05) is 30.3 Å². The van der Waals surface area contributed by atoms with E-state index in [2.05, 4.69) is 5.32 Å². The Labute approximate surface area is 154 Å². The molecular weight excluding hydrogens is 330 g/mol. The van der Waals surface area contributed by atoms with Gasteiger partial charge in [0.1, 0.15) is 0 Å². The number of esters is 1. The molecular formula is C21H27NO4. The fourth-order valence-corrected chi connectivity index (χ4v) is 5.72. The molecule has 140 valence electrons. The minimum atomic E-state index is -0.825. The van der Waals surface area contributed by atoms with Gasteiger partial charge in [0.15, 0.2) is 6.10 Å². The third-order valence-corrected chi connectivity index (χ3v) is 6.43. The quantitative estimate of drug-likeness (QED) is 0.794. The summed E-state index contributed by atoms with van der Waals surface area (Å²) < 4.78 is 5.57. The van der Waals surface area contributed by atoms with Crippen molar-refractivity contribution >= 4 is 11.9 Å². The molecule has 5 rings (SSSR count). The number of hydrogen-bond donors (Lipinski definition) is 2. The van der Waals surface area contributed by atoms with Gasteiger partial charge in [-0.3, -0.25) is 9.59 Å². The molecule has 5 heteroatoms. The van der Waals surface area contributed by atoms with Crippen molar-refractivity contribution in [3.8, 4) is 0 Å². The average molecular weight is 357 g/mol. The number of amides is 1.